The maximum absolute atomic E-state index is 5.66. The van der Waals surface area contributed by atoms with Gasteiger partial charge in [-0.2, -0.15) is 0 Å². The molecule has 0 unspecified atom stereocenters. The zero-order valence-electron chi connectivity index (χ0n) is 13.0. The topological polar surface area (TPSA) is 65.8 Å². The Morgan fingerprint density at radius 2 is 1.91 bits per heavy atom. The van der Waals surface area contributed by atoms with Gasteiger partial charge >= 0.3 is 0 Å². The highest BCUT2D eigenvalue weighted by Crippen LogP contribution is 2.29. The van der Waals surface area contributed by atoms with Crippen molar-refractivity contribution in [2.75, 3.05) is 6.61 Å². The summed E-state index contributed by atoms with van der Waals surface area (Å²) in [5.74, 6) is 1.95. The molecule has 1 aliphatic heterocycles. The van der Waals surface area contributed by atoms with Gasteiger partial charge in [0.15, 0.2) is 11.9 Å². The van der Waals surface area contributed by atoms with Gasteiger partial charge in [0.1, 0.15) is 12.1 Å². The summed E-state index contributed by atoms with van der Waals surface area (Å²) in [6.07, 6.45) is 7.25. The Morgan fingerprint density at radius 3 is 2.65 bits per heavy atom. The lowest BCUT2D eigenvalue weighted by Crippen LogP contribution is -2.07. The molecule has 0 fully saturated rings. The molecule has 2 heterocycles. The van der Waals surface area contributed by atoms with Crippen molar-refractivity contribution < 1.29 is 14.3 Å². The molecular weight excluding hydrogens is 294 g/mol. The molecule has 1 atom stereocenters. The van der Waals surface area contributed by atoms with Crippen molar-refractivity contribution in [1.82, 2.24) is 9.97 Å². The third-order valence-corrected chi connectivity index (χ3v) is 3.43. The third-order valence-electron chi connectivity index (χ3n) is 3.43. The minimum Gasteiger partial charge on any atom is -0.494 e. The Labute approximate surface area is 135 Å². The van der Waals surface area contributed by atoms with E-state index in [-0.39, 0.29) is 6.10 Å². The van der Waals surface area contributed by atoms with Crippen LogP contribution in [0.5, 0.6) is 11.5 Å². The highest BCUT2D eigenvalue weighted by Gasteiger charge is 2.24. The average molecular weight is 313 g/mol. The number of oxime groups is 1. The van der Waals surface area contributed by atoms with Gasteiger partial charge in [-0.05, 0) is 24.1 Å². The van der Waals surface area contributed by atoms with E-state index in [9.17, 15) is 0 Å². The van der Waals surface area contributed by atoms with E-state index in [4.69, 9.17) is 14.3 Å². The van der Waals surface area contributed by atoms with Crippen molar-refractivity contribution in [3.05, 3.63) is 48.5 Å². The molecule has 2 aromatic rings. The minimum atomic E-state index is -0.140. The van der Waals surface area contributed by atoms with Crippen molar-refractivity contribution in [2.24, 2.45) is 5.16 Å². The normalized spacial score (nSPS) is 16.6. The van der Waals surface area contributed by atoms with Crippen LogP contribution in [-0.2, 0) is 4.84 Å². The van der Waals surface area contributed by atoms with Crippen molar-refractivity contribution >= 4 is 5.90 Å². The average Bonchev–Trinajstić information content (AvgIpc) is 3.05. The molecule has 1 aromatic carbocycles. The van der Waals surface area contributed by atoms with Crippen molar-refractivity contribution in [2.45, 2.75) is 32.3 Å². The monoisotopic (exact) mass is 313 g/mol. The van der Waals surface area contributed by atoms with Crippen LogP contribution in [0.25, 0.3) is 0 Å². The number of hydrogen-bond acceptors (Lipinski definition) is 6. The first-order valence-corrected chi connectivity index (χ1v) is 7.73. The summed E-state index contributed by atoms with van der Waals surface area (Å²) in [4.78, 5) is 13.2. The summed E-state index contributed by atoms with van der Waals surface area (Å²) < 4.78 is 11.2. The van der Waals surface area contributed by atoms with Gasteiger partial charge in [0.05, 0.1) is 25.4 Å². The highest BCUT2D eigenvalue weighted by atomic mass is 16.7. The van der Waals surface area contributed by atoms with Gasteiger partial charge in [0.25, 0.3) is 0 Å². The number of nitrogens with zero attached hydrogens (tertiary/aromatic N) is 3. The van der Waals surface area contributed by atoms with Crippen LogP contribution in [0.2, 0.25) is 0 Å². The van der Waals surface area contributed by atoms with E-state index in [1.807, 2.05) is 24.3 Å². The number of hydrogen-bond donors (Lipinski definition) is 0. The van der Waals surface area contributed by atoms with Crippen molar-refractivity contribution in [3.8, 4) is 11.5 Å². The second-order valence-electron chi connectivity index (χ2n) is 5.23. The first-order valence-electron chi connectivity index (χ1n) is 7.73. The molecular formula is C17H19N3O3. The summed E-state index contributed by atoms with van der Waals surface area (Å²) in [6.45, 7) is 2.89. The maximum Gasteiger partial charge on any atom is 0.235 e. The summed E-state index contributed by atoms with van der Waals surface area (Å²) in [5, 5.41) is 3.98. The second kappa shape index (κ2) is 7.58. The van der Waals surface area contributed by atoms with Crippen LogP contribution in [0.3, 0.4) is 0 Å². The third kappa shape index (κ3) is 4.18. The fourth-order valence-corrected chi connectivity index (χ4v) is 2.18. The summed E-state index contributed by atoms with van der Waals surface area (Å²) in [7, 11) is 0. The molecule has 3 rings (SSSR count). The quantitative estimate of drug-likeness (QED) is 0.764. The lowest BCUT2D eigenvalue weighted by molar-refractivity contribution is 0.0855. The van der Waals surface area contributed by atoms with E-state index in [1.165, 1.54) is 6.33 Å². The van der Waals surface area contributed by atoms with Gasteiger partial charge in [-0.1, -0.05) is 30.6 Å². The molecule has 0 N–H and O–H groups in total. The fourth-order valence-electron chi connectivity index (χ4n) is 2.18. The number of unbranched alkanes of at least 4 members (excludes halogenated alkanes) is 1. The van der Waals surface area contributed by atoms with E-state index in [2.05, 4.69) is 22.0 Å². The van der Waals surface area contributed by atoms with Crippen LogP contribution in [0.1, 0.15) is 37.9 Å². The van der Waals surface area contributed by atoms with E-state index < -0.39 is 0 Å². The van der Waals surface area contributed by atoms with E-state index in [0.717, 1.165) is 30.8 Å². The van der Waals surface area contributed by atoms with E-state index in [1.54, 1.807) is 12.4 Å². The van der Waals surface area contributed by atoms with Gasteiger partial charge in [0.2, 0.25) is 5.90 Å². The highest BCUT2D eigenvalue weighted by molar-refractivity contribution is 5.79. The van der Waals surface area contributed by atoms with E-state index >= 15 is 0 Å². The fraction of sp³-hybridized carbons (Fsp3) is 0.353. The van der Waals surface area contributed by atoms with Gasteiger partial charge in [-0.3, -0.25) is 0 Å². The van der Waals surface area contributed by atoms with Crippen molar-refractivity contribution in [1.29, 1.82) is 0 Å². The predicted molar refractivity (Wildman–Crippen MR) is 85.4 cm³/mol. The molecule has 6 nitrogen and oxygen atoms in total. The second-order valence-corrected chi connectivity index (χ2v) is 5.23. The summed E-state index contributed by atoms with van der Waals surface area (Å²) >= 11 is 0. The van der Waals surface area contributed by atoms with Crippen LogP contribution in [-0.4, -0.2) is 22.5 Å². The van der Waals surface area contributed by atoms with Crippen LogP contribution in [0.15, 0.2) is 48.1 Å². The molecule has 0 radical (unpaired) electrons. The Balaban J connectivity index is 1.53. The number of aromatic nitrogens is 2. The SMILES string of the molecule is CCCCOc1ccc([C@@H]2CC(Oc3cncnc3)=NO2)cc1. The molecule has 0 aliphatic carbocycles. The lowest BCUT2D eigenvalue weighted by Gasteiger charge is -2.10. The van der Waals surface area contributed by atoms with Crippen LogP contribution in [0, 0.1) is 0 Å². The standard InChI is InChI=1S/C17H19N3O3/c1-2-3-8-21-14-6-4-13(5-7-14)16-9-17(20-23-16)22-15-10-18-12-19-11-15/h4-7,10-12,16H,2-3,8-9H2,1H3/t16-/m0/s1. The first kappa shape index (κ1) is 15.3. The molecule has 6 heteroatoms. The molecule has 0 bridgehead atoms. The Morgan fingerprint density at radius 1 is 1.13 bits per heavy atom. The molecule has 0 amide bonds. The predicted octanol–water partition coefficient (Wildman–Crippen LogP) is 3.51. The van der Waals surface area contributed by atoms with Gasteiger partial charge in [-0.25, -0.2) is 9.97 Å². The minimum absolute atomic E-state index is 0.140. The largest absolute Gasteiger partial charge is 0.494 e. The molecule has 0 saturated heterocycles. The van der Waals surface area contributed by atoms with E-state index in [0.29, 0.717) is 18.1 Å². The summed E-state index contributed by atoms with van der Waals surface area (Å²) in [6, 6.07) is 7.91. The summed E-state index contributed by atoms with van der Waals surface area (Å²) in [5.41, 5.74) is 1.04. The maximum atomic E-state index is 5.66. The van der Waals surface area contributed by atoms with Crippen LogP contribution in [0.4, 0.5) is 0 Å². The van der Waals surface area contributed by atoms with Gasteiger partial charge < -0.3 is 14.3 Å². The zero-order chi connectivity index (χ0) is 15.9. The first-order chi connectivity index (χ1) is 11.3. The van der Waals surface area contributed by atoms with Crippen molar-refractivity contribution in [3.63, 3.8) is 0 Å². The molecule has 0 spiro atoms. The molecule has 1 aromatic heterocycles. The molecule has 0 saturated carbocycles. The number of ether oxygens (including phenoxy) is 2. The van der Waals surface area contributed by atoms with Gasteiger partial charge in [0, 0.05) is 0 Å². The number of rotatable bonds is 6. The Kier molecular flexibility index (Phi) is 5.03. The molecule has 120 valence electrons. The Hall–Kier alpha value is -2.63. The van der Waals surface area contributed by atoms with Gasteiger partial charge in [-0.15, -0.1) is 0 Å². The molecule has 23 heavy (non-hydrogen) atoms. The lowest BCUT2D eigenvalue weighted by atomic mass is 10.1. The zero-order valence-corrected chi connectivity index (χ0v) is 13.0. The molecule has 1 aliphatic rings. The Bertz CT molecular complexity index is 644. The van der Waals surface area contributed by atoms with Crippen LogP contribution >= 0.6 is 0 Å². The smallest absolute Gasteiger partial charge is 0.235 e. The number of benzene rings is 1. The van der Waals surface area contributed by atoms with Crippen LogP contribution < -0.4 is 9.47 Å².